The van der Waals surface area contributed by atoms with E-state index in [0.29, 0.717) is 18.3 Å². The van der Waals surface area contributed by atoms with E-state index in [2.05, 4.69) is 50.4 Å². The third-order valence-corrected chi connectivity index (χ3v) is 8.12. The van der Waals surface area contributed by atoms with Gasteiger partial charge >= 0.3 is 0 Å². The lowest BCUT2D eigenvalue weighted by atomic mass is 9.92. The van der Waals surface area contributed by atoms with E-state index in [0.717, 1.165) is 82.5 Å². The quantitative estimate of drug-likeness (QED) is 0.274. The van der Waals surface area contributed by atoms with Gasteiger partial charge in [-0.25, -0.2) is 4.98 Å². The molecule has 1 unspecified atom stereocenters. The van der Waals surface area contributed by atoms with Crippen molar-refractivity contribution in [2.45, 2.75) is 39.0 Å². The van der Waals surface area contributed by atoms with Crippen LogP contribution in [0, 0.1) is 11.8 Å². The number of amides is 1. The number of aromatic amines is 1. The Morgan fingerprint density at radius 1 is 0.951 bits per heavy atom. The Morgan fingerprint density at radius 2 is 1.83 bits per heavy atom. The smallest absolute Gasteiger partial charge is 0.227 e. The van der Waals surface area contributed by atoms with Crippen molar-refractivity contribution in [2.24, 2.45) is 16.8 Å². The Morgan fingerprint density at radius 3 is 2.68 bits per heavy atom. The molecule has 0 radical (unpaired) electrons. The van der Waals surface area contributed by atoms with Crippen molar-refractivity contribution >= 4 is 28.3 Å². The molecule has 204 valence electrons. The van der Waals surface area contributed by atoms with E-state index in [1.54, 1.807) is 18.6 Å². The number of nitrogens with one attached hydrogen (secondary N) is 2. The molecule has 1 aliphatic heterocycles. The second kappa shape index (κ2) is 10.7. The van der Waals surface area contributed by atoms with E-state index >= 15 is 0 Å². The first-order valence-electron chi connectivity index (χ1n) is 14.3. The largest absolute Gasteiger partial charge is 0.335 e. The van der Waals surface area contributed by atoms with E-state index in [4.69, 9.17) is 9.98 Å². The summed E-state index contributed by atoms with van der Waals surface area (Å²) in [5, 5.41) is 3.09. The molecule has 1 aliphatic carbocycles. The van der Waals surface area contributed by atoms with Gasteiger partial charge in [0.1, 0.15) is 11.2 Å². The standard InChI is InChI=1S/C33H31N7O/c1-20-12-23-10-9-22(24-13-25(17-34-16-24)38-33(41)21-6-2-3-7-21)14-26(23)31(37-15-20)32-39-29-19-35-18-27(30(29)40-32)28-8-4-5-11-36-28/h4-5,8-11,13-14,16-21H,2-3,6-7,12,15H2,1H3,(H,38,41)(H,39,40). The number of carbonyl (C=O) groups is 1. The van der Waals surface area contributed by atoms with Crippen LogP contribution in [-0.2, 0) is 11.2 Å². The second-order valence-corrected chi connectivity index (χ2v) is 11.2. The zero-order valence-electron chi connectivity index (χ0n) is 23.0. The van der Waals surface area contributed by atoms with E-state index in [1.807, 2.05) is 36.7 Å². The summed E-state index contributed by atoms with van der Waals surface area (Å²) in [5.74, 6) is 1.32. The van der Waals surface area contributed by atoms with Crippen molar-refractivity contribution in [1.29, 1.82) is 0 Å². The van der Waals surface area contributed by atoms with Gasteiger partial charge in [-0.1, -0.05) is 38.0 Å². The number of nitrogens with zero attached hydrogens (tertiary/aromatic N) is 5. The molecule has 1 fully saturated rings. The average Bonchev–Trinajstić information content (AvgIpc) is 3.66. The van der Waals surface area contributed by atoms with Crippen molar-refractivity contribution in [1.82, 2.24) is 24.9 Å². The molecule has 0 bridgehead atoms. The van der Waals surface area contributed by atoms with Crippen molar-refractivity contribution in [2.75, 3.05) is 11.9 Å². The van der Waals surface area contributed by atoms with Crippen molar-refractivity contribution in [3.05, 3.63) is 90.4 Å². The van der Waals surface area contributed by atoms with Crippen LogP contribution in [0.25, 0.3) is 33.4 Å². The molecule has 8 heteroatoms. The fourth-order valence-electron chi connectivity index (χ4n) is 5.98. The fourth-order valence-corrected chi connectivity index (χ4v) is 5.98. The summed E-state index contributed by atoms with van der Waals surface area (Å²) in [4.78, 5) is 39.7. The zero-order valence-corrected chi connectivity index (χ0v) is 23.0. The molecule has 4 aromatic heterocycles. The summed E-state index contributed by atoms with van der Waals surface area (Å²) in [6.45, 7) is 2.94. The number of fused-ring (bicyclic) bond motifs is 2. The number of pyridine rings is 3. The highest BCUT2D eigenvalue weighted by Gasteiger charge is 2.24. The average molecular weight is 542 g/mol. The predicted octanol–water partition coefficient (Wildman–Crippen LogP) is 6.24. The molecule has 1 amide bonds. The first-order valence-corrected chi connectivity index (χ1v) is 14.3. The Kier molecular flexibility index (Phi) is 6.59. The lowest BCUT2D eigenvalue weighted by molar-refractivity contribution is -0.119. The van der Waals surface area contributed by atoms with Crippen LogP contribution in [0.5, 0.6) is 0 Å². The van der Waals surface area contributed by atoms with Crippen LogP contribution in [0.2, 0.25) is 0 Å². The van der Waals surface area contributed by atoms with Crippen LogP contribution in [0.4, 0.5) is 5.69 Å². The molecule has 1 aromatic carbocycles. The molecule has 0 spiro atoms. The molecule has 0 saturated heterocycles. The topological polar surface area (TPSA) is 109 Å². The van der Waals surface area contributed by atoms with Gasteiger partial charge in [-0.15, -0.1) is 0 Å². The normalized spacial score (nSPS) is 17.2. The van der Waals surface area contributed by atoms with Gasteiger partial charge in [0, 0.05) is 47.7 Å². The van der Waals surface area contributed by atoms with Gasteiger partial charge in [0.25, 0.3) is 0 Å². The first-order chi connectivity index (χ1) is 20.1. The number of rotatable bonds is 5. The number of hydrogen-bond donors (Lipinski definition) is 2. The number of anilines is 1. The minimum atomic E-state index is 0.0937. The van der Waals surface area contributed by atoms with Crippen LogP contribution in [0.15, 0.2) is 78.4 Å². The molecule has 1 atom stereocenters. The summed E-state index contributed by atoms with van der Waals surface area (Å²) in [6, 6.07) is 14.3. The Bertz CT molecular complexity index is 1770. The monoisotopic (exact) mass is 541 g/mol. The van der Waals surface area contributed by atoms with Gasteiger partial charge in [0.15, 0.2) is 5.82 Å². The molecular weight excluding hydrogens is 510 g/mol. The van der Waals surface area contributed by atoms with E-state index < -0.39 is 0 Å². The van der Waals surface area contributed by atoms with Crippen LogP contribution in [0.1, 0.15) is 49.6 Å². The van der Waals surface area contributed by atoms with E-state index in [9.17, 15) is 4.79 Å². The third-order valence-electron chi connectivity index (χ3n) is 8.12. The maximum Gasteiger partial charge on any atom is 0.227 e. The zero-order chi connectivity index (χ0) is 27.8. The molecular formula is C33H31N7O. The number of aliphatic imine (C=N–C) groups is 1. The van der Waals surface area contributed by atoms with Crippen LogP contribution >= 0.6 is 0 Å². The number of carbonyl (C=O) groups excluding carboxylic acids is 1. The highest BCUT2D eigenvalue weighted by molar-refractivity contribution is 6.14. The third kappa shape index (κ3) is 5.01. The molecule has 5 aromatic rings. The maximum absolute atomic E-state index is 12.7. The maximum atomic E-state index is 12.7. The number of aromatic nitrogens is 5. The Hall–Kier alpha value is -4.72. The predicted molar refractivity (Wildman–Crippen MR) is 161 cm³/mol. The van der Waals surface area contributed by atoms with Crippen molar-refractivity contribution in [3.8, 4) is 22.4 Å². The summed E-state index contributed by atoms with van der Waals surface area (Å²) < 4.78 is 0. The lowest BCUT2D eigenvalue weighted by Crippen LogP contribution is -2.20. The number of H-pyrrole nitrogens is 1. The summed E-state index contributed by atoms with van der Waals surface area (Å²) in [5.41, 5.74) is 9.19. The molecule has 2 aliphatic rings. The lowest BCUT2D eigenvalue weighted by Gasteiger charge is -2.13. The van der Waals surface area contributed by atoms with E-state index in [1.165, 1.54) is 5.56 Å². The fraction of sp³-hybridized carbons (Fsp3) is 0.273. The molecule has 41 heavy (non-hydrogen) atoms. The van der Waals surface area contributed by atoms with Gasteiger partial charge in [0.05, 0.1) is 29.3 Å². The number of hydrogen-bond acceptors (Lipinski definition) is 6. The van der Waals surface area contributed by atoms with Gasteiger partial charge in [0.2, 0.25) is 5.91 Å². The molecule has 7 rings (SSSR count). The van der Waals surface area contributed by atoms with E-state index in [-0.39, 0.29) is 11.8 Å². The molecule has 8 nitrogen and oxygen atoms in total. The highest BCUT2D eigenvalue weighted by atomic mass is 16.1. The first kappa shape index (κ1) is 25.3. The SMILES string of the molecule is CC1CN=C(c2nc3c(-c4ccccn4)cncc3[nH]2)c2cc(-c3cncc(NC(=O)C4CCCC4)c3)ccc2C1. The molecule has 5 heterocycles. The summed E-state index contributed by atoms with van der Waals surface area (Å²) >= 11 is 0. The van der Waals surface area contributed by atoms with Crippen molar-refractivity contribution in [3.63, 3.8) is 0 Å². The minimum absolute atomic E-state index is 0.0937. The van der Waals surface area contributed by atoms with Gasteiger partial charge < -0.3 is 10.3 Å². The number of benzene rings is 1. The highest BCUT2D eigenvalue weighted by Crippen LogP contribution is 2.31. The molecule has 1 saturated carbocycles. The van der Waals surface area contributed by atoms with Gasteiger partial charge in [-0.3, -0.25) is 24.7 Å². The summed E-state index contributed by atoms with van der Waals surface area (Å²) in [7, 11) is 0. The molecule has 2 N–H and O–H groups in total. The van der Waals surface area contributed by atoms with Crippen LogP contribution < -0.4 is 5.32 Å². The number of imidazole rings is 1. The second-order valence-electron chi connectivity index (χ2n) is 11.2. The van der Waals surface area contributed by atoms with Gasteiger partial charge in [-0.2, -0.15) is 0 Å². The summed E-state index contributed by atoms with van der Waals surface area (Å²) in [6.07, 6.45) is 14.1. The Balaban J connectivity index is 1.26. The van der Waals surface area contributed by atoms with Crippen LogP contribution in [0.3, 0.4) is 0 Å². The van der Waals surface area contributed by atoms with Crippen LogP contribution in [-0.4, -0.2) is 43.1 Å². The minimum Gasteiger partial charge on any atom is -0.335 e. The Labute approximate surface area is 238 Å². The van der Waals surface area contributed by atoms with Crippen molar-refractivity contribution < 1.29 is 4.79 Å². The van der Waals surface area contributed by atoms with Gasteiger partial charge in [-0.05, 0) is 60.6 Å².